The predicted molar refractivity (Wildman–Crippen MR) is 81.1 cm³/mol. The van der Waals surface area contributed by atoms with Crippen LogP contribution < -0.4 is 5.32 Å². The average Bonchev–Trinajstić information content (AvgIpc) is 2.23. The van der Waals surface area contributed by atoms with Gasteiger partial charge in [-0.1, -0.05) is 41.8 Å². The van der Waals surface area contributed by atoms with Crippen LogP contribution in [0.1, 0.15) is 43.4 Å². The SMILES string of the molecule is C=C(C)CC(Cc1cc(C)cc(C)c1)NCCC. The highest BCUT2D eigenvalue weighted by atomic mass is 14.9. The second kappa shape index (κ2) is 7.38. The van der Waals surface area contributed by atoms with Gasteiger partial charge in [0.15, 0.2) is 0 Å². The quantitative estimate of drug-likeness (QED) is 0.711. The van der Waals surface area contributed by atoms with Crippen LogP contribution in [0.25, 0.3) is 0 Å². The number of nitrogens with one attached hydrogen (secondary N) is 1. The number of rotatable bonds is 7. The molecule has 1 atom stereocenters. The van der Waals surface area contributed by atoms with Crippen molar-refractivity contribution in [2.45, 2.75) is 53.0 Å². The maximum absolute atomic E-state index is 4.04. The van der Waals surface area contributed by atoms with Gasteiger partial charge in [-0.2, -0.15) is 0 Å². The fourth-order valence-corrected chi connectivity index (χ4v) is 2.46. The van der Waals surface area contributed by atoms with E-state index in [9.17, 15) is 0 Å². The molecule has 0 aliphatic carbocycles. The molecule has 100 valence electrons. The van der Waals surface area contributed by atoms with E-state index >= 15 is 0 Å². The first-order valence-corrected chi connectivity index (χ1v) is 6.96. The van der Waals surface area contributed by atoms with Crippen LogP contribution in [0.3, 0.4) is 0 Å². The molecule has 0 fully saturated rings. The van der Waals surface area contributed by atoms with E-state index in [1.165, 1.54) is 28.7 Å². The predicted octanol–water partition coefficient (Wildman–Crippen LogP) is 4.18. The van der Waals surface area contributed by atoms with Gasteiger partial charge in [0.05, 0.1) is 0 Å². The molecule has 0 aliphatic rings. The van der Waals surface area contributed by atoms with Crippen LogP contribution in [0.5, 0.6) is 0 Å². The van der Waals surface area contributed by atoms with E-state index in [1.54, 1.807) is 0 Å². The van der Waals surface area contributed by atoms with Gasteiger partial charge >= 0.3 is 0 Å². The molecule has 0 heterocycles. The van der Waals surface area contributed by atoms with Gasteiger partial charge in [-0.3, -0.25) is 0 Å². The van der Waals surface area contributed by atoms with E-state index in [-0.39, 0.29) is 0 Å². The van der Waals surface area contributed by atoms with Gasteiger partial charge < -0.3 is 5.32 Å². The maximum atomic E-state index is 4.04. The molecule has 0 aromatic heterocycles. The van der Waals surface area contributed by atoms with Gasteiger partial charge in [0.25, 0.3) is 0 Å². The van der Waals surface area contributed by atoms with E-state index in [4.69, 9.17) is 0 Å². The van der Waals surface area contributed by atoms with E-state index in [0.717, 1.165) is 19.4 Å². The van der Waals surface area contributed by atoms with Crippen molar-refractivity contribution >= 4 is 0 Å². The van der Waals surface area contributed by atoms with Gasteiger partial charge in [0, 0.05) is 6.04 Å². The van der Waals surface area contributed by atoms with Crippen molar-refractivity contribution in [2.75, 3.05) is 6.54 Å². The van der Waals surface area contributed by atoms with Gasteiger partial charge in [-0.15, -0.1) is 6.58 Å². The molecule has 0 saturated heterocycles. The molecule has 0 saturated carbocycles. The third kappa shape index (κ3) is 5.50. The van der Waals surface area contributed by atoms with Crippen LogP contribution >= 0.6 is 0 Å². The minimum Gasteiger partial charge on any atom is -0.313 e. The Hall–Kier alpha value is -1.08. The van der Waals surface area contributed by atoms with Crippen molar-refractivity contribution in [3.05, 3.63) is 47.0 Å². The summed E-state index contributed by atoms with van der Waals surface area (Å²) >= 11 is 0. The highest BCUT2D eigenvalue weighted by Gasteiger charge is 2.09. The number of hydrogen-bond acceptors (Lipinski definition) is 1. The molecule has 1 unspecified atom stereocenters. The standard InChI is InChI=1S/C17H27N/c1-6-7-18-17(8-13(2)3)12-16-10-14(4)9-15(5)11-16/h9-11,17-18H,2,6-8,12H2,1,3-5H3. The Kier molecular flexibility index (Phi) is 6.14. The lowest BCUT2D eigenvalue weighted by molar-refractivity contribution is 0.503. The fraction of sp³-hybridized carbons (Fsp3) is 0.529. The first-order valence-electron chi connectivity index (χ1n) is 6.96. The fourth-order valence-electron chi connectivity index (χ4n) is 2.46. The molecule has 0 aliphatic heterocycles. The third-order valence-corrected chi connectivity index (χ3v) is 3.04. The molecular weight excluding hydrogens is 218 g/mol. The van der Waals surface area contributed by atoms with Crippen molar-refractivity contribution in [1.82, 2.24) is 5.32 Å². The summed E-state index contributed by atoms with van der Waals surface area (Å²) in [5.41, 5.74) is 5.40. The van der Waals surface area contributed by atoms with Crippen LogP contribution in [0.15, 0.2) is 30.4 Å². The summed E-state index contributed by atoms with van der Waals surface area (Å²) in [5.74, 6) is 0. The van der Waals surface area contributed by atoms with E-state index in [0.29, 0.717) is 6.04 Å². The average molecular weight is 245 g/mol. The summed E-state index contributed by atoms with van der Waals surface area (Å²) in [7, 11) is 0. The first kappa shape index (κ1) is 15.0. The topological polar surface area (TPSA) is 12.0 Å². The number of benzene rings is 1. The van der Waals surface area contributed by atoms with Gasteiger partial charge in [-0.25, -0.2) is 0 Å². The highest BCUT2D eigenvalue weighted by molar-refractivity contribution is 5.29. The minimum absolute atomic E-state index is 0.517. The molecular formula is C17H27N. The van der Waals surface area contributed by atoms with Crippen molar-refractivity contribution in [3.8, 4) is 0 Å². The molecule has 0 amide bonds. The third-order valence-electron chi connectivity index (χ3n) is 3.04. The molecule has 0 radical (unpaired) electrons. The molecule has 1 rings (SSSR count). The molecule has 0 bridgehead atoms. The van der Waals surface area contributed by atoms with Crippen molar-refractivity contribution in [3.63, 3.8) is 0 Å². The molecule has 0 spiro atoms. The van der Waals surface area contributed by atoms with Crippen LogP contribution in [0.2, 0.25) is 0 Å². The molecule has 1 nitrogen and oxygen atoms in total. The van der Waals surface area contributed by atoms with E-state index in [2.05, 4.69) is 57.8 Å². The van der Waals surface area contributed by atoms with Gasteiger partial charge in [-0.05, 0) is 52.1 Å². The molecule has 18 heavy (non-hydrogen) atoms. The Labute approximate surface area is 112 Å². The summed E-state index contributed by atoms with van der Waals surface area (Å²) in [6.07, 6.45) is 3.34. The monoisotopic (exact) mass is 245 g/mol. The summed E-state index contributed by atoms with van der Waals surface area (Å²) in [5, 5.41) is 3.63. The Bertz CT molecular complexity index is 372. The number of hydrogen-bond donors (Lipinski definition) is 1. The van der Waals surface area contributed by atoms with Gasteiger partial charge in [0.2, 0.25) is 0 Å². The van der Waals surface area contributed by atoms with Crippen LogP contribution in [-0.4, -0.2) is 12.6 Å². The summed E-state index contributed by atoms with van der Waals surface area (Å²) in [6, 6.07) is 7.35. The Morgan fingerprint density at radius 2 is 1.83 bits per heavy atom. The molecule has 1 aromatic carbocycles. The smallest absolute Gasteiger partial charge is 0.0144 e. The molecule has 1 aromatic rings. The zero-order valence-corrected chi connectivity index (χ0v) is 12.3. The maximum Gasteiger partial charge on any atom is 0.0144 e. The summed E-state index contributed by atoms with van der Waals surface area (Å²) in [6.45, 7) is 13.8. The minimum atomic E-state index is 0.517. The Balaban J connectivity index is 2.71. The summed E-state index contributed by atoms with van der Waals surface area (Å²) in [4.78, 5) is 0. The van der Waals surface area contributed by atoms with E-state index < -0.39 is 0 Å². The van der Waals surface area contributed by atoms with Crippen LogP contribution in [-0.2, 0) is 6.42 Å². The molecule has 1 heteroatoms. The van der Waals surface area contributed by atoms with Crippen LogP contribution in [0, 0.1) is 13.8 Å². The number of aryl methyl sites for hydroxylation is 2. The van der Waals surface area contributed by atoms with Gasteiger partial charge in [0.1, 0.15) is 0 Å². The van der Waals surface area contributed by atoms with Crippen molar-refractivity contribution in [2.24, 2.45) is 0 Å². The lowest BCUT2D eigenvalue weighted by Crippen LogP contribution is -2.32. The van der Waals surface area contributed by atoms with E-state index in [1.807, 2.05) is 0 Å². The summed E-state index contributed by atoms with van der Waals surface area (Å²) < 4.78 is 0. The van der Waals surface area contributed by atoms with Crippen LogP contribution in [0.4, 0.5) is 0 Å². The molecule has 1 N–H and O–H groups in total. The zero-order chi connectivity index (χ0) is 13.5. The largest absolute Gasteiger partial charge is 0.313 e. The second-order valence-electron chi connectivity index (χ2n) is 5.51. The lowest BCUT2D eigenvalue weighted by Gasteiger charge is -2.19. The Morgan fingerprint density at radius 1 is 1.22 bits per heavy atom. The van der Waals surface area contributed by atoms with Crippen molar-refractivity contribution < 1.29 is 0 Å². The normalized spacial score (nSPS) is 12.4. The zero-order valence-electron chi connectivity index (χ0n) is 12.3. The highest BCUT2D eigenvalue weighted by Crippen LogP contribution is 2.14. The van der Waals surface area contributed by atoms with Crippen molar-refractivity contribution in [1.29, 1.82) is 0 Å². The second-order valence-corrected chi connectivity index (χ2v) is 5.51. The lowest BCUT2D eigenvalue weighted by atomic mass is 9.97. The Morgan fingerprint density at radius 3 is 2.33 bits per heavy atom. The first-order chi connectivity index (χ1) is 8.51.